The van der Waals surface area contributed by atoms with Crippen molar-refractivity contribution in [2.45, 2.75) is 31.6 Å². The van der Waals surface area contributed by atoms with Crippen molar-refractivity contribution in [2.75, 3.05) is 24.7 Å². The lowest BCUT2D eigenvalue weighted by atomic mass is 10.1. The summed E-state index contributed by atoms with van der Waals surface area (Å²) in [7, 11) is 0. The Bertz CT molecular complexity index is 365. The second-order valence-electron chi connectivity index (χ2n) is 4.64. The van der Waals surface area contributed by atoms with Crippen LogP contribution in [-0.2, 0) is 13.0 Å². The summed E-state index contributed by atoms with van der Waals surface area (Å²) in [6.07, 6.45) is 4.59. The van der Waals surface area contributed by atoms with Gasteiger partial charge in [0.2, 0.25) is 0 Å². The van der Waals surface area contributed by atoms with E-state index in [1.807, 2.05) is 11.8 Å². The first kappa shape index (κ1) is 12.8. The first-order valence-electron chi connectivity index (χ1n) is 6.39. The summed E-state index contributed by atoms with van der Waals surface area (Å²) < 4.78 is 0. The average molecular weight is 250 g/mol. The fourth-order valence-corrected chi connectivity index (χ4v) is 2.56. The van der Waals surface area contributed by atoms with Crippen molar-refractivity contribution < 1.29 is 0 Å². The molecule has 2 N–H and O–H groups in total. The zero-order valence-electron chi connectivity index (χ0n) is 10.8. The van der Waals surface area contributed by atoms with Gasteiger partial charge >= 0.3 is 0 Å². The minimum absolute atomic E-state index is 0.752. The molecule has 2 rings (SSSR count). The Hall–Kier alpha value is -0.670. The van der Waals surface area contributed by atoms with Crippen LogP contribution in [0.2, 0.25) is 0 Å². The lowest BCUT2D eigenvalue weighted by Gasteiger charge is -2.11. The third-order valence-electron chi connectivity index (χ3n) is 3.38. The van der Waals surface area contributed by atoms with E-state index >= 15 is 0 Å². The third-order valence-corrected chi connectivity index (χ3v) is 4.42. The van der Waals surface area contributed by atoms with E-state index in [9.17, 15) is 0 Å². The third kappa shape index (κ3) is 3.39. The van der Waals surface area contributed by atoms with Crippen LogP contribution >= 0.6 is 11.8 Å². The SMILES string of the molecule is CSC(C)CCNCc1cccc2c1NCC2. The fourth-order valence-electron chi connectivity index (χ4n) is 2.20. The van der Waals surface area contributed by atoms with E-state index in [2.05, 4.69) is 42.0 Å². The van der Waals surface area contributed by atoms with Gasteiger partial charge in [0.25, 0.3) is 0 Å². The van der Waals surface area contributed by atoms with E-state index in [1.165, 1.54) is 29.7 Å². The van der Waals surface area contributed by atoms with Crippen LogP contribution in [0.3, 0.4) is 0 Å². The molecule has 1 atom stereocenters. The Labute approximate surface area is 109 Å². The summed E-state index contributed by atoms with van der Waals surface area (Å²) in [5.74, 6) is 0. The molecule has 1 heterocycles. The molecule has 3 heteroatoms. The highest BCUT2D eigenvalue weighted by molar-refractivity contribution is 7.99. The van der Waals surface area contributed by atoms with Gasteiger partial charge in [-0.25, -0.2) is 0 Å². The molecule has 0 fully saturated rings. The van der Waals surface area contributed by atoms with Gasteiger partial charge in [-0.05, 0) is 36.8 Å². The van der Waals surface area contributed by atoms with Gasteiger partial charge in [0.15, 0.2) is 0 Å². The van der Waals surface area contributed by atoms with Crippen LogP contribution in [0.4, 0.5) is 5.69 Å². The molecule has 0 bridgehead atoms. The largest absolute Gasteiger partial charge is 0.384 e. The smallest absolute Gasteiger partial charge is 0.0419 e. The van der Waals surface area contributed by atoms with Crippen LogP contribution in [0.1, 0.15) is 24.5 Å². The van der Waals surface area contributed by atoms with Crippen LogP contribution in [0.15, 0.2) is 18.2 Å². The van der Waals surface area contributed by atoms with Crippen LogP contribution < -0.4 is 10.6 Å². The molecule has 94 valence electrons. The van der Waals surface area contributed by atoms with E-state index < -0.39 is 0 Å². The van der Waals surface area contributed by atoms with Gasteiger partial charge in [0.1, 0.15) is 0 Å². The minimum Gasteiger partial charge on any atom is -0.384 e. The lowest BCUT2D eigenvalue weighted by molar-refractivity contribution is 0.649. The van der Waals surface area contributed by atoms with Gasteiger partial charge in [-0.3, -0.25) is 0 Å². The van der Waals surface area contributed by atoms with Crippen LogP contribution in [0.25, 0.3) is 0 Å². The number of anilines is 1. The van der Waals surface area contributed by atoms with E-state index in [-0.39, 0.29) is 0 Å². The lowest BCUT2D eigenvalue weighted by Crippen LogP contribution is -2.18. The van der Waals surface area contributed by atoms with E-state index in [0.29, 0.717) is 0 Å². The topological polar surface area (TPSA) is 24.1 Å². The quantitative estimate of drug-likeness (QED) is 0.759. The predicted molar refractivity (Wildman–Crippen MR) is 77.9 cm³/mol. The molecule has 0 radical (unpaired) electrons. The fraction of sp³-hybridized carbons (Fsp3) is 0.571. The number of benzene rings is 1. The molecule has 1 aliphatic rings. The normalized spacial score (nSPS) is 15.4. The highest BCUT2D eigenvalue weighted by Crippen LogP contribution is 2.26. The molecule has 1 aliphatic heterocycles. The molecule has 1 aromatic rings. The molecule has 0 aliphatic carbocycles. The standard InChI is InChI=1S/C14H22N2S/c1-11(17-2)6-8-15-10-13-5-3-4-12-7-9-16-14(12)13/h3-5,11,15-16H,6-10H2,1-2H3. The molecule has 0 amide bonds. The first-order chi connectivity index (χ1) is 8.31. The molecular formula is C14H22N2S. The summed E-state index contributed by atoms with van der Waals surface area (Å²) in [5, 5.41) is 7.78. The number of rotatable bonds is 6. The Morgan fingerprint density at radius 3 is 3.18 bits per heavy atom. The summed E-state index contributed by atoms with van der Waals surface area (Å²) in [5.41, 5.74) is 4.26. The maximum Gasteiger partial charge on any atom is 0.0419 e. The summed E-state index contributed by atoms with van der Waals surface area (Å²) in [6.45, 7) is 5.47. The van der Waals surface area contributed by atoms with E-state index in [0.717, 1.165) is 24.9 Å². The zero-order chi connectivity index (χ0) is 12.1. The van der Waals surface area contributed by atoms with Crippen molar-refractivity contribution in [3.63, 3.8) is 0 Å². The van der Waals surface area contributed by atoms with Crippen LogP contribution in [-0.4, -0.2) is 24.6 Å². The molecule has 1 aromatic carbocycles. The number of hydrogen-bond donors (Lipinski definition) is 2. The molecule has 2 nitrogen and oxygen atoms in total. The summed E-state index contributed by atoms with van der Waals surface area (Å²) in [6, 6.07) is 6.63. The summed E-state index contributed by atoms with van der Waals surface area (Å²) >= 11 is 1.94. The van der Waals surface area contributed by atoms with Gasteiger partial charge < -0.3 is 10.6 Å². The van der Waals surface area contributed by atoms with Gasteiger partial charge in [0, 0.05) is 24.0 Å². The van der Waals surface area contributed by atoms with Crippen LogP contribution in [0, 0.1) is 0 Å². The van der Waals surface area contributed by atoms with Gasteiger partial charge in [-0.15, -0.1) is 0 Å². The monoisotopic (exact) mass is 250 g/mol. The highest BCUT2D eigenvalue weighted by Gasteiger charge is 2.12. The number of para-hydroxylation sites is 1. The van der Waals surface area contributed by atoms with Gasteiger partial charge in [0.05, 0.1) is 0 Å². The zero-order valence-corrected chi connectivity index (χ0v) is 11.6. The Balaban J connectivity index is 1.82. The molecule has 0 saturated heterocycles. The van der Waals surface area contributed by atoms with E-state index in [1.54, 1.807) is 0 Å². The van der Waals surface area contributed by atoms with E-state index in [4.69, 9.17) is 0 Å². The second-order valence-corrected chi connectivity index (χ2v) is 5.92. The van der Waals surface area contributed by atoms with Gasteiger partial charge in [-0.1, -0.05) is 25.1 Å². The van der Waals surface area contributed by atoms with Crippen molar-refractivity contribution in [2.24, 2.45) is 0 Å². The first-order valence-corrected chi connectivity index (χ1v) is 7.68. The molecule has 17 heavy (non-hydrogen) atoms. The Kier molecular flexibility index (Phi) is 4.75. The predicted octanol–water partition coefficient (Wildman–Crippen LogP) is 2.89. The minimum atomic E-state index is 0.752. The van der Waals surface area contributed by atoms with Crippen molar-refractivity contribution >= 4 is 17.4 Å². The number of nitrogens with one attached hydrogen (secondary N) is 2. The molecule has 0 saturated carbocycles. The molecule has 0 spiro atoms. The Morgan fingerprint density at radius 1 is 1.47 bits per heavy atom. The van der Waals surface area contributed by atoms with Crippen molar-refractivity contribution in [1.29, 1.82) is 0 Å². The van der Waals surface area contributed by atoms with Gasteiger partial charge in [-0.2, -0.15) is 11.8 Å². The highest BCUT2D eigenvalue weighted by atomic mass is 32.2. The van der Waals surface area contributed by atoms with Crippen LogP contribution in [0.5, 0.6) is 0 Å². The maximum absolute atomic E-state index is 3.54. The average Bonchev–Trinajstić information content (AvgIpc) is 2.83. The number of hydrogen-bond acceptors (Lipinski definition) is 3. The molecular weight excluding hydrogens is 228 g/mol. The Morgan fingerprint density at radius 2 is 2.35 bits per heavy atom. The number of fused-ring (bicyclic) bond motifs is 1. The maximum atomic E-state index is 3.54. The number of thioether (sulfide) groups is 1. The second kappa shape index (κ2) is 6.31. The molecule has 1 unspecified atom stereocenters. The van der Waals surface area contributed by atoms with Crippen molar-refractivity contribution in [3.8, 4) is 0 Å². The van der Waals surface area contributed by atoms with Crippen molar-refractivity contribution in [3.05, 3.63) is 29.3 Å². The summed E-state index contributed by atoms with van der Waals surface area (Å²) in [4.78, 5) is 0. The van der Waals surface area contributed by atoms with Crippen molar-refractivity contribution in [1.82, 2.24) is 5.32 Å². The molecule has 0 aromatic heterocycles.